The molecule has 0 N–H and O–H groups in total. The van der Waals surface area contributed by atoms with Gasteiger partial charge in [-0.1, -0.05) is 0 Å². The van der Waals surface area contributed by atoms with Gasteiger partial charge in [0.2, 0.25) is 0 Å². The molecule has 0 unspecified atom stereocenters. The normalized spacial score (nSPS) is 10.8. The van der Waals surface area contributed by atoms with E-state index in [0.717, 1.165) is 6.26 Å². The van der Waals surface area contributed by atoms with Crippen molar-refractivity contribution in [2.75, 3.05) is 6.26 Å². The summed E-state index contributed by atoms with van der Waals surface area (Å²) >= 11 is 4.52. The molecule has 0 aliphatic rings. The van der Waals surface area contributed by atoms with Gasteiger partial charge in [0.05, 0.1) is 6.26 Å². The molecule has 0 aromatic heterocycles. The van der Waals surface area contributed by atoms with E-state index in [1.165, 1.54) is 0 Å². The Bertz CT molecular complexity index is 180. The SMILES string of the molecule is CS(=O)(=O)OC(=O)Cl. The Morgan fingerprint density at radius 1 is 1.62 bits per heavy atom. The maximum atomic E-state index is 9.91. The lowest BCUT2D eigenvalue weighted by Crippen LogP contribution is -2.03. The van der Waals surface area contributed by atoms with Crippen LogP contribution in [-0.2, 0) is 14.3 Å². The first-order valence-electron chi connectivity index (χ1n) is 1.51. The minimum Gasteiger partial charge on any atom is -0.332 e. The van der Waals surface area contributed by atoms with Crippen LogP contribution in [0.3, 0.4) is 0 Å². The quantitative estimate of drug-likeness (QED) is 0.407. The monoisotopic (exact) mass is 158 g/mol. The Kier molecular flexibility index (Phi) is 2.24. The van der Waals surface area contributed by atoms with Crippen molar-refractivity contribution in [2.45, 2.75) is 0 Å². The molecule has 0 rings (SSSR count). The molecule has 4 nitrogen and oxygen atoms in total. The van der Waals surface area contributed by atoms with Crippen molar-refractivity contribution in [3.8, 4) is 0 Å². The van der Waals surface area contributed by atoms with E-state index in [1.54, 1.807) is 0 Å². The predicted octanol–water partition coefficient (Wildman–Crippen LogP) is 0.321. The lowest BCUT2D eigenvalue weighted by Gasteiger charge is -1.90. The maximum Gasteiger partial charge on any atom is 0.419 e. The van der Waals surface area contributed by atoms with Crippen LogP contribution in [0.1, 0.15) is 0 Å². The van der Waals surface area contributed by atoms with Crippen LogP contribution < -0.4 is 0 Å². The second-order valence-electron chi connectivity index (χ2n) is 1.03. The summed E-state index contributed by atoms with van der Waals surface area (Å²) < 4.78 is 23.4. The van der Waals surface area contributed by atoms with Gasteiger partial charge < -0.3 is 4.18 Å². The summed E-state index contributed by atoms with van der Waals surface area (Å²) in [7, 11) is -3.70. The van der Waals surface area contributed by atoms with Gasteiger partial charge in [0.15, 0.2) is 0 Å². The smallest absolute Gasteiger partial charge is 0.332 e. The molecule has 0 bridgehead atoms. The Balaban J connectivity index is 3.95. The van der Waals surface area contributed by atoms with E-state index in [0.29, 0.717) is 0 Å². The summed E-state index contributed by atoms with van der Waals surface area (Å²) in [4.78, 5) is 9.62. The summed E-state index contributed by atoms with van der Waals surface area (Å²) in [5, 5.41) is 0. The standard InChI is InChI=1S/C2H3ClO4S/c1-8(5,6)7-2(3)4/h1H3. The highest BCUT2D eigenvalue weighted by Gasteiger charge is 2.05. The van der Waals surface area contributed by atoms with Crippen LogP contribution in [0.5, 0.6) is 0 Å². The summed E-state index contributed by atoms with van der Waals surface area (Å²) in [5.74, 6) is 0. The second kappa shape index (κ2) is 2.32. The summed E-state index contributed by atoms with van der Waals surface area (Å²) in [6.45, 7) is 0. The average Bonchev–Trinajstić information content (AvgIpc) is 1.21. The fourth-order valence-corrected chi connectivity index (χ4v) is 0.700. The summed E-state index contributed by atoms with van der Waals surface area (Å²) in [5.41, 5.74) is -1.34. The zero-order valence-electron chi connectivity index (χ0n) is 3.92. The van der Waals surface area contributed by atoms with E-state index in [4.69, 9.17) is 0 Å². The van der Waals surface area contributed by atoms with Crippen LogP contribution in [0.15, 0.2) is 0 Å². The third kappa shape index (κ3) is 5.71. The number of hydrogen-bond donors (Lipinski definition) is 0. The van der Waals surface area contributed by atoms with Gasteiger partial charge in [0.1, 0.15) is 0 Å². The average molecular weight is 159 g/mol. The van der Waals surface area contributed by atoms with Gasteiger partial charge >= 0.3 is 15.5 Å². The van der Waals surface area contributed by atoms with E-state index in [1.807, 2.05) is 0 Å². The number of rotatable bonds is 1. The third-order valence-electron chi connectivity index (χ3n) is 0.217. The van der Waals surface area contributed by atoms with Crippen molar-refractivity contribution in [1.82, 2.24) is 0 Å². The number of halogens is 1. The van der Waals surface area contributed by atoms with E-state index in [-0.39, 0.29) is 0 Å². The van der Waals surface area contributed by atoms with Crippen LogP contribution in [0.4, 0.5) is 4.79 Å². The van der Waals surface area contributed by atoms with Crippen molar-refractivity contribution in [2.24, 2.45) is 0 Å². The van der Waals surface area contributed by atoms with Gasteiger partial charge in [-0.25, -0.2) is 4.79 Å². The minimum atomic E-state index is -3.70. The highest BCUT2D eigenvalue weighted by molar-refractivity contribution is 7.86. The van der Waals surface area contributed by atoms with E-state index < -0.39 is 15.5 Å². The molecule has 0 fully saturated rings. The number of carbonyl (C=O) groups is 1. The summed E-state index contributed by atoms with van der Waals surface area (Å²) in [6, 6.07) is 0. The Morgan fingerprint density at radius 3 is 2.00 bits per heavy atom. The molecule has 0 amide bonds. The van der Waals surface area contributed by atoms with Gasteiger partial charge in [-0.2, -0.15) is 8.42 Å². The van der Waals surface area contributed by atoms with E-state index >= 15 is 0 Å². The van der Waals surface area contributed by atoms with Crippen molar-refractivity contribution in [3.63, 3.8) is 0 Å². The van der Waals surface area contributed by atoms with Crippen molar-refractivity contribution < 1.29 is 17.4 Å². The number of carbonyl (C=O) groups excluding carboxylic acids is 1. The molecular formula is C2H3ClO4S. The Labute approximate surface area is 51.5 Å². The molecule has 8 heavy (non-hydrogen) atoms. The minimum absolute atomic E-state index is 0.729. The Hall–Kier alpha value is -0.290. The van der Waals surface area contributed by atoms with Crippen molar-refractivity contribution in [3.05, 3.63) is 0 Å². The summed E-state index contributed by atoms with van der Waals surface area (Å²) in [6.07, 6.45) is 0.729. The lowest BCUT2D eigenvalue weighted by molar-refractivity contribution is 0.228. The molecule has 0 saturated carbocycles. The zero-order valence-corrected chi connectivity index (χ0v) is 5.49. The van der Waals surface area contributed by atoms with Crippen LogP contribution in [0.25, 0.3) is 0 Å². The topological polar surface area (TPSA) is 60.4 Å². The highest BCUT2D eigenvalue weighted by atomic mass is 35.5. The molecule has 0 radical (unpaired) electrons. The van der Waals surface area contributed by atoms with Crippen LogP contribution >= 0.6 is 11.6 Å². The maximum absolute atomic E-state index is 9.91. The van der Waals surface area contributed by atoms with E-state index in [9.17, 15) is 13.2 Å². The highest BCUT2D eigenvalue weighted by Crippen LogP contribution is 1.92. The molecular weight excluding hydrogens is 156 g/mol. The fourth-order valence-electron chi connectivity index (χ4n) is 0.119. The van der Waals surface area contributed by atoms with E-state index in [2.05, 4.69) is 15.8 Å². The van der Waals surface area contributed by atoms with Gasteiger partial charge in [-0.3, -0.25) is 0 Å². The van der Waals surface area contributed by atoms with Crippen molar-refractivity contribution >= 4 is 27.1 Å². The Morgan fingerprint density at radius 2 is 2.00 bits per heavy atom. The molecule has 48 valence electrons. The largest absolute Gasteiger partial charge is 0.419 e. The first-order valence-corrected chi connectivity index (χ1v) is 3.70. The molecule has 0 heterocycles. The van der Waals surface area contributed by atoms with Crippen LogP contribution in [-0.4, -0.2) is 20.1 Å². The molecule has 0 saturated heterocycles. The molecule has 6 heteroatoms. The fraction of sp³-hybridized carbons (Fsp3) is 0.500. The van der Waals surface area contributed by atoms with Crippen molar-refractivity contribution in [1.29, 1.82) is 0 Å². The van der Waals surface area contributed by atoms with Gasteiger partial charge in [0, 0.05) is 11.6 Å². The van der Waals surface area contributed by atoms with Crippen LogP contribution in [0, 0.1) is 0 Å². The molecule has 0 atom stereocenters. The van der Waals surface area contributed by atoms with Gasteiger partial charge in [-0.15, -0.1) is 0 Å². The first kappa shape index (κ1) is 7.71. The molecule has 0 aromatic carbocycles. The zero-order chi connectivity index (χ0) is 6.78. The molecule has 0 aliphatic heterocycles. The molecule has 0 aromatic rings. The van der Waals surface area contributed by atoms with Crippen LogP contribution in [0.2, 0.25) is 0 Å². The number of hydrogen-bond acceptors (Lipinski definition) is 4. The second-order valence-corrected chi connectivity index (χ2v) is 2.91. The first-order chi connectivity index (χ1) is 3.42. The van der Waals surface area contributed by atoms with Gasteiger partial charge in [-0.05, 0) is 0 Å². The van der Waals surface area contributed by atoms with Gasteiger partial charge in [0.25, 0.3) is 0 Å². The third-order valence-corrected chi connectivity index (χ3v) is 0.840. The molecule has 0 aliphatic carbocycles. The molecule has 0 spiro atoms. The predicted molar refractivity (Wildman–Crippen MR) is 27.2 cm³/mol. The lowest BCUT2D eigenvalue weighted by atomic mass is 11.6.